The van der Waals surface area contributed by atoms with Gasteiger partial charge in [-0.3, -0.25) is 9.59 Å². The molecule has 6 heteroatoms. The van der Waals surface area contributed by atoms with E-state index in [9.17, 15) is 9.59 Å². The van der Waals surface area contributed by atoms with E-state index in [0.29, 0.717) is 19.4 Å². The lowest BCUT2D eigenvalue weighted by Gasteiger charge is -2.42. The molecule has 4 nitrogen and oxygen atoms in total. The van der Waals surface area contributed by atoms with E-state index in [1.54, 1.807) is 0 Å². The largest absolute Gasteiger partial charge is 0.492 e. The number of carbonyl (C=O) groups excluding carboxylic acids is 2. The van der Waals surface area contributed by atoms with Crippen molar-refractivity contribution >= 4 is 43.4 Å². The van der Waals surface area contributed by atoms with Gasteiger partial charge in [-0.25, -0.2) is 0 Å². The second-order valence-corrected chi connectivity index (χ2v) is 9.22. The number of rotatable bonds is 3. The highest BCUT2D eigenvalue weighted by atomic mass is 79.9. The predicted octanol–water partition coefficient (Wildman–Crippen LogP) is 5.65. The first-order chi connectivity index (χ1) is 13.4. The molecule has 4 rings (SSSR count). The van der Waals surface area contributed by atoms with Gasteiger partial charge in [-0.1, -0.05) is 0 Å². The number of hydrogen-bond donors (Lipinski definition) is 0. The Morgan fingerprint density at radius 3 is 1.93 bits per heavy atom. The van der Waals surface area contributed by atoms with Crippen LogP contribution in [0, 0.1) is 0 Å². The van der Waals surface area contributed by atoms with Crippen molar-refractivity contribution in [1.82, 2.24) is 4.90 Å². The van der Waals surface area contributed by atoms with E-state index >= 15 is 0 Å². The summed E-state index contributed by atoms with van der Waals surface area (Å²) in [6.07, 6.45) is 4.64. The van der Waals surface area contributed by atoms with Crippen LogP contribution in [-0.2, 0) is 9.59 Å². The van der Waals surface area contributed by atoms with Crippen molar-refractivity contribution in [2.24, 2.45) is 0 Å². The van der Waals surface area contributed by atoms with E-state index < -0.39 is 0 Å². The highest BCUT2D eigenvalue weighted by molar-refractivity contribution is 9.11. The maximum Gasteiger partial charge on any atom is 0.161 e. The predicted molar refractivity (Wildman–Crippen MR) is 115 cm³/mol. The molecule has 148 valence electrons. The molecule has 0 saturated heterocycles. The van der Waals surface area contributed by atoms with E-state index in [-0.39, 0.29) is 17.5 Å². The van der Waals surface area contributed by atoms with Crippen molar-refractivity contribution in [3.63, 3.8) is 0 Å². The summed E-state index contributed by atoms with van der Waals surface area (Å²) in [5.41, 5.74) is 4.77. The van der Waals surface area contributed by atoms with Gasteiger partial charge < -0.3 is 9.64 Å². The number of ether oxygens (including phenoxy) is 1. The smallest absolute Gasteiger partial charge is 0.161 e. The average Bonchev–Trinajstić information content (AvgIpc) is 2.66. The third-order valence-electron chi connectivity index (χ3n) is 5.89. The first-order valence-corrected chi connectivity index (χ1v) is 11.4. The Hall–Kier alpha value is -1.40. The van der Waals surface area contributed by atoms with Crippen LogP contribution in [-0.4, -0.2) is 30.1 Å². The average molecular weight is 509 g/mol. The number of allylic oxidation sites excluding steroid dienone is 4. The summed E-state index contributed by atoms with van der Waals surface area (Å²) in [4.78, 5) is 28.2. The topological polar surface area (TPSA) is 46.6 Å². The molecule has 0 amide bonds. The Morgan fingerprint density at radius 1 is 0.964 bits per heavy atom. The quantitative estimate of drug-likeness (QED) is 0.529. The summed E-state index contributed by atoms with van der Waals surface area (Å²) in [6, 6.07) is 4.01. The van der Waals surface area contributed by atoms with Crippen molar-refractivity contribution in [2.45, 2.75) is 51.4 Å². The van der Waals surface area contributed by atoms with Gasteiger partial charge in [-0.2, -0.15) is 0 Å². The molecule has 1 aromatic rings. The Bertz CT molecular complexity index is 865. The maximum absolute atomic E-state index is 13.0. The van der Waals surface area contributed by atoms with Gasteiger partial charge in [0.15, 0.2) is 11.6 Å². The summed E-state index contributed by atoms with van der Waals surface area (Å²) < 4.78 is 7.38. The molecule has 0 aromatic heterocycles. The highest BCUT2D eigenvalue weighted by Crippen LogP contribution is 2.50. The molecule has 0 saturated carbocycles. The SMILES string of the molecule is CCOc1c(Br)cc(C2C3=C(CCCC3=O)N(C)C3=C2C(=O)CCC3)cc1Br. The van der Waals surface area contributed by atoms with Crippen LogP contribution in [0.3, 0.4) is 0 Å². The molecule has 0 fully saturated rings. The monoisotopic (exact) mass is 507 g/mol. The van der Waals surface area contributed by atoms with Gasteiger partial charge in [0.1, 0.15) is 5.75 Å². The second kappa shape index (κ2) is 7.79. The Labute approximate surface area is 182 Å². The fraction of sp³-hybridized carbons (Fsp3) is 0.455. The number of carbonyl (C=O) groups is 2. The van der Waals surface area contributed by atoms with Crippen molar-refractivity contribution in [2.75, 3.05) is 13.7 Å². The molecule has 0 radical (unpaired) electrons. The number of ketones is 2. The standard InChI is InChI=1S/C22H23Br2NO3/c1-3-28-22-13(23)10-12(11-14(22)24)19-20-15(6-4-8-17(20)26)25(2)16-7-5-9-18(27)21(16)19/h10-11,19H,3-9H2,1-2H3. The van der Waals surface area contributed by atoms with Crippen LogP contribution in [0.4, 0.5) is 0 Å². The molecular weight excluding hydrogens is 486 g/mol. The first kappa shape index (κ1) is 19.9. The Morgan fingerprint density at radius 2 is 1.46 bits per heavy atom. The zero-order valence-electron chi connectivity index (χ0n) is 16.1. The molecule has 2 aliphatic carbocycles. The molecule has 1 aromatic carbocycles. The number of halogens is 2. The van der Waals surface area contributed by atoms with Gasteiger partial charge in [0.2, 0.25) is 0 Å². The van der Waals surface area contributed by atoms with Gasteiger partial charge in [0.05, 0.1) is 15.6 Å². The molecule has 0 spiro atoms. The fourth-order valence-corrected chi connectivity index (χ4v) is 6.17. The van der Waals surface area contributed by atoms with Crippen molar-refractivity contribution in [3.8, 4) is 5.75 Å². The Balaban J connectivity index is 1.93. The highest BCUT2D eigenvalue weighted by Gasteiger charge is 2.42. The molecule has 1 aliphatic heterocycles. The minimum absolute atomic E-state index is 0.171. The van der Waals surface area contributed by atoms with Crippen LogP contribution in [0.5, 0.6) is 5.75 Å². The third-order valence-corrected chi connectivity index (χ3v) is 7.07. The Kier molecular flexibility index (Phi) is 5.53. The maximum atomic E-state index is 13.0. The molecule has 0 unspecified atom stereocenters. The lowest BCUT2D eigenvalue weighted by atomic mass is 9.71. The van der Waals surface area contributed by atoms with Gasteiger partial charge in [0.25, 0.3) is 0 Å². The number of Topliss-reactive ketones (excluding diaryl/α,β-unsaturated/α-hetero) is 2. The minimum atomic E-state index is -0.287. The van der Waals surface area contributed by atoms with Crippen LogP contribution in [0.25, 0.3) is 0 Å². The van der Waals surface area contributed by atoms with E-state index in [1.165, 1.54) is 0 Å². The van der Waals surface area contributed by atoms with Gasteiger partial charge in [0, 0.05) is 48.3 Å². The van der Waals surface area contributed by atoms with Crippen molar-refractivity contribution in [3.05, 3.63) is 49.2 Å². The van der Waals surface area contributed by atoms with Gasteiger partial charge in [-0.15, -0.1) is 0 Å². The summed E-state index contributed by atoms with van der Waals surface area (Å²) in [5.74, 6) is 0.797. The van der Waals surface area contributed by atoms with Gasteiger partial charge >= 0.3 is 0 Å². The normalized spacial score (nSPS) is 20.5. The van der Waals surface area contributed by atoms with Crippen LogP contribution in [0.2, 0.25) is 0 Å². The molecule has 0 atom stereocenters. The van der Waals surface area contributed by atoms with E-state index in [1.807, 2.05) is 26.1 Å². The molecule has 1 heterocycles. The number of nitrogens with zero attached hydrogens (tertiary/aromatic N) is 1. The van der Waals surface area contributed by atoms with Crippen LogP contribution >= 0.6 is 31.9 Å². The lowest BCUT2D eigenvalue weighted by molar-refractivity contribution is -0.117. The summed E-state index contributed by atoms with van der Waals surface area (Å²) in [6.45, 7) is 2.51. The van der Waals surface area contributed by atoms with Crippen molar-refractivity contribution in [1.29, 1.82) is 0 Å². The van der Waals surface area contributed by atoms with Crippen LogP contribution < -0.4 is 4.74 Å². The molecular formula is C22H23Br2NO3. The zero-order chi connectivity index (χ0) is 20.0. The number of hydrogen-bond acceptors (Lipinski definition) is 4. The second-order valence-electron chi connectivity index (χ2n) is 7.51. The van der Waals surface area contributed by atoms with Crippen LogP contribution in [0.1, 0.15) is 56.9 Å². The number of benzene rings is 1. The minimum Gasteiger partial charge on any atom is -0.492 e. The lowest BCUT2D eigenvalue weighted by Crippen LogP contribution is -2.37. The fourth-order valence-electron chi connectivity index (χ4n) is 4.71. The summed E-state index contributed by atoms with van der Waals surface area (Å²) >= 11 is 7.23. The van der Waals surface area contributed by atoms with Gasteiger partial charge in [-0.05, 0) is 82.2 Å². The van der Waals surface area contributed by atoms with E-state index in [2.05, 4.69) is 36.8 Å². The van der Waals surface area contributed by atoms with E-state index in [0.717, 1.165) is 68.5 Å². The molecule has 3 aliphatic rings. The van der Waals surface area contributed by atoms with E-state index in [4.69, 9.17) is 4.74 Å². The summed E-state index contributed by atoms with van der Waals surface area (Å²) in [5, 5.41) is 0. The summed E-state index contributed by atoms with van der Waals surface area (Å²) in [7, 11) is 2.02. The molecule has 0 bridgehead atoms. The third kappa shape index (κ3) is 3.18. The van der Waals surface area contributed by atoms with Crippen LogP contribution in [0.15, 0.2) is 43.6 Å². The first-order valence-electron chi connectivity index (χ1n) is 9.82. The molecule has 28 heavy (non-hydrogen) atoms. The molecule has 0 N–H and O–H groups in total. The zero-order valence-corrected chi connectivity index (χ0v) is 19.3. The van der Waals surface area contributed by atoms with Crippen molar-refractivity contribution < 1.29 is 14.3 Å².